The summed E-state index contributed by atoms with van der Waals surface area (Å²) in [6, 6.07) is 0. The van der Waals surface area contributed by atoms with Crippen molar-refractivity contribution in [3.05, 3.63) is 18.2 Å². The lowest BCUT2D eigenvalue weighted by atomic mass is 9.71. The van der Waals surface area contributed by atoms with Crippen molar-refractivity contribution in [1.82, 2.24) is 9.55 Å². The molecule has 1 heterocycles. The minimum absolute atomic E-state index is 0.0931. The number of aliphatic carboxylic acids is 1. The van der Waals surface area contributed by atoms with Gasteiger partial charge in [-0.1, -0.05) is 19.8 Å². The van der Waals surface area contributed by atoms with Gasteiger partial charge < -0.3 is 9.67 Å². The van der Waals surface area contributed by atoms with Crippen LogP contribution in [-0.2, 0) is 11.3 Å². The van der Waals surface area contributed by atoms with E-state index in [2.05, 4.69) is 18.8 Å². The number of imidazole rings is 1. The van der Waals surface area contributed by atoms with Crippen molar-refractivity contribution in [2.24, 2.45) is 11.8 Å². The van der Waals surface area contributed by atoms with E-state index in [4.69, 9.17) is 0 Å². The van der Waals surface area contributed by atoms with Crippen molar-refractivity contribution in [3.63, 3.8) is 0 Å². The summed E-state index contributed by atoms with van der Waals surface area (Å²) in [6.45, 7) is 5.15. The second kappa shape index (κ2) is 6.22. The zero-order valence-electron chi connectivity index (χ0n) is 11.9. The molecule has 1 N–H and O–H groups in total. The molecule has 4 heteroatoms. The number of nitrogens with zero attached hydrogens (tertiary/aromatic N) is 2. The summed E-state index contributed by atoms with van der Waals surface area (Å²) in [5.74, 6) is -0.160. The standard InChI is InChI=1S/C15H24N2O2/c1-3-5-11-6-7-12(15(18)19)13(8-11)14-9-17(4-2)10-16-14/h9-13H,3-8H2,1-2H3,(H,18,19). The second-order valence-corrected chi connectivity index (χ2v) is 5.65. The lowest BCUT2D eigenvalue weighted by Crippen LogP contribution is -2.29. The van der Waals surface area contributed by atoms with Crippen LogP contribution in [0.3, 0.4) is 0 Å². The number of aryl methyl sites for hydroxylation is 1. The van der Waals surface area contributed by atoms with E-state index in [9.17, 15) is 9.90 Å². The Kier molecular flexibility index (Phi) is 4.61. The maximum absolute atomic E-state index is 11.4. The minimum atomic E-state index is -0.661. The summed E-state index contributed by atoms with van der Waals surface area (Å²) in [5, 5.41) is 9.42. The van der Waals surface area contributed by atoms with Crippen LogP contribution in [-0.4, -0.2) is 20.6 Å². The summed E-state index contributed by atoms with van der Waals surface area (Å²) in [5.41, 5.74) is 0.968. The molecule has 0 radical (unpaired) electrons. The van der Waals surface area contributed by atoms with Crippen molar-refractivity contribution in [2.75, 3.05) is 0 Å². The van der Waals surface area contributed by atoms with Gasteiger partial charge in [-0.3, -0.25) is 4.79 Å². The normalized spacial score (nSPS) is 27.4. The number of carboxylic acids is 1. The zero-order chi connectivity index (χ0) is 13.8. The molecule has 3 unspecified atom stereocenters. The SMILES string of the molecule is CCCC1CCC(C(=O)O)C(c2cn(CC)cn2)C1. The quantitative estimate of drug-likeness (QED) is 0.887. The molecule has 1 aliphatic carbocycles. The maximum atomic E-state index is 11.4. The monoisotopic (exact) mass is 264 g/mol. The van der Waals surface area contributed by atoms with E-state index in [0.717, 1.165) is 31.5 Å². The number of carboxylic acid groups (broad SMARTS) is 1. The largest absolute Gasteiger partial charge is 0.481 e. The van der Waals surface area contributed by atoms with Gasteiger partial charge in [0.2, 0.25) is 0 Å². The molecule has 1 aromatic rings. The Morgan fingerprint density at radius 1 is 1.47 bits per heavy atom. The molecule has 106 valence electrons. The fraction of sp³-hybridized carbons (Fsp3) is 0.733. The van der Waals surface area contributed by atoms with E-state index in [1.807, 2.05) is 17.1 Å². The van der Waals surface area contributed by atoms with E-state index in [0.29, 0.717) is 5.92 Å². The Morgan fingerprint density at radius 2 is 2.26 bits per heavy atom. The third-order valence-corrected chi connectivity index (χ3v) is 4.37. The number of carbonyl (C=O) groups is 1. The highest BCUT2D eigenvalue weighted by Gasteiger charge is 2.36. The number of rotatable bonds is 5. The summed E-state index contributed by atoms with van der Waals surface area (Å²) in [6.07, 6.45) is 9.05. The van der Waals surface area contributed by atoms with Gasteiger partial charge >= 0.3 is 5.97 Å². The fourth-order valence-corrected chi connectivity index (χ4v) is 3.29. The molecular weight excluding hydrogens is 240 g/mol. The summed E-state index contributed by atoms with van der Waals surface area (Å²) < 4.78 is 2.03. The summed E-state index contributed by atoms with van der Waals surface area (Å²) in [4.78, 5) is 15.9. The maximum Gasteiger partial charge on any atom is 0.307 e. The molecule has 0 spiro atoms. The topological polar surface area (TPSA) is 55.1 Å². The molecule has 0 saturated heterocycles. The lowest BCUT2D eigenvalue weighted by molar-refractivity contribution is -0.144. The summed E-state index contributed by atoms with van der Waals surface area (Å²) >= 11 is 0. The first-order valence-corrected chi connectivity index (χ1v) is 7.40. The molecule has 0 aromatic carbocycles. The Hall–Kier alpha value is -1.32. The van der Waals surface area contributed by atoms with Gasteiger partial charge in [0.15, 0.2) is 0 Å². The molecule has 19 heavy (non-hydrogen) atoms. The van der Waals surface area contributed by atoms with Gasteiger partial charge in [0.25, 0.3) is 0 Å². The van der Waals surface area contributed by atoms with Gasteiger partial charge in [0.05, 0.1) is 17.9 Å². The second-order valence-electron chi connectivity index (χ2n) is 5.65. The average molecular weight is 264 g/mol. The van der Waals surface area contributed by atoms with E-state index in [-0.39, 0.29) is 11.8 Å². The van der Waals surface area contributed by atoms with Crippen LogP contribution in [0.25, 0.3) is 0 Å². The van der Waals surface area contributed by atoms with Crippen LogP contribution in [0.2, 0.25) is 0 Å². The van der Waals surface area contributed by atoms with Gasteiger partial charge in [-0.05, 0) is 32.1 Å². The predicted molar refractivity (Wildman–Crippen MR) is 74.0 cm³/mol. The fourth-order valence-electron chi connectivity index (χ4n) is 3.29. The predicted octanol–water partition coefficient (Wildman–Crippen LogP) is 3.29. The van der Waals surface area contributed by atoms with Crippen LogP contribution >= 0.6 is 0 Å². The number of aromatic nitrogens is 2. The van der Waals surface area contributed by atoms with E-state index < -0.39 is 5.97 Å². The first-order valence-electron chi connectivity index (χ1n) is 7.40. The molecule has 1 aromatic heterocycles. The van der Waals surface area contributed by atoms with E-state index in [1.54, 1.807) is 0 Å². The van der Waals surface area contributed by atoms with Crippen molar-refractivity contribution in [3.8, 4) is 0 Å². The lowest BCUT2D eigenvalue weighted by Gasteiger charge is -2.33. The number of hydrogen-bond acceptors (Lipinski definition) is 2. The molecule has 4 nitrogen and oxygen atoms in total. The van der Waals surface area contributed by atoms with Crippen LogP contribution in [0, 0.1) is 11.8 Å². The van der Waals surface area contributed by atoms with Crippen LogP contribution < -0.4 is 0 Å². The third-order valence-electron chi connectivity index (χ3n) is 4.37. The Bertz CT molecular complexity index is 428. The van der Waals surface area contributed by atoms with E-state index >= 15 is 0 Å². The highest BCUT2D eigenvalue weighted by molar-refractivity contribution is 5.71. The highest BCUT2D eigenvalue weighted by Crippen LogP contribution is 2.41. The van der Waals surface area contributed by atoms with Crippen molar-refractivity contribution in [1.29, 1.82) is 0 Å². The minimum Gasteiger partial charge on any atom is -0.481 e. The van der Waals surface area contributed by atoms with Crippen LogP contribution in [0.1, 0.15) is 57.6 Å². The Balaban J connectivity index is 2.17. The van der Waals surface area contributed by atoms with Gasteiger partial charge in [0, 0.05) is 18.7 Å². The smallest absolute Gasteiger partial charge is 0.307 e. The Morgan fingerprint density at radius 3 is 2.84 bits per heavy atom. The molecule has 1 fully saturated rings. The van der Waals surface area contributed by atoms with Crippen molar-refractivity contribution < 1.29 is 9.90 Å². The molecular formula is C15H24N2O2. The molecule has 1 aliphatic rings. The summed E-state index contributed by atoms with van der Waals surface area (Å²) in [7, 11) is 0. The van der Waals surface area contributed by atoms with Crippen molar-refractivity contribution >= 4 is 5.97 Å². The first kappa shape index (κ1) is 14.1. The van der Waals surface area contributed by atoms with Crippen LogP contribution in [0.15, 0.2) is 12.5 Å². The third kappa shape index (κ3) is 3.17. The molecule has 3 atom stereocenters. The number of hydrogen-bond donors (Lipinski definition) is 1. The zero-order valence-corrected chi connectivity index (χ0v) is 11.9. The molecule has 2 rings (SSSR count). The van der Waals surface area contributed by atoms with Crippen LogP contribution in [0.5, 0.6) is 0 Å². The molecule has 0 amide bonds. The van der Waals surface area contributed by atoms with E-state index in [1.165, 1.54) is 12.8 Å². The van der Waals surface area contributed by atoms with Gasteiger partial charge in [-0.15, -0.1) is 0 Å². The van der Waals surface area contributed by atoms with Gasteiger partial charge in [-0.2, -0.15) is 0 Å². The van der Waals surface area contributed by atoms with Crippen molar-refractivity contribution in [2.45, 2.75) is 58.4 Å². The van der Waals surface area contributed by atoms with Gasteiger partial charge in [0.1, 0.15) is 0 Å². The molecule has 0 aliphatic heterocycles. The molecule has 1 saturated carbocycles. The highest BCUT2D eigenvalue weighted by atomic mass is 16.4. The Labute approximate surface area is 114 Å². The van der Waals surface area contributed by atoms with Crippen LogP contribution in [0.4, 0.5) is 0 Å². The van der Waals surface area contributed by atoms with Gasteiger partial charge in [-0.25, -0.2) is 4.98 Å². The average Bonchev–Trinajstić information content (AvgIpc) is 2.87. The molecule has 0 bridgehead atoms. The first-order chi connectivity index (χ1) is 9.15.